The summed E-state index contributed by atoms with van der Waals surface area (Å²) in [6.45, 7) is 1.43. The molecule has 1 aliphatic heterocycles. The molecule has 0 spiro atoms. The predicted molar refractivity (Wildman–Crippen MR) is 81.3 cm³/mol. The Balaban J connectivity index is 1.96. The molecule has 120 valence electrons. The Kier molecular flexibility index (Phi) is 3.52. The van der Waals surface area contributed by atoms with Gasteiger partial charge < -0.3 is 25.2 Å². The molecule has 1 unspecified atom stereocenters. The number of ether oxygens (including phenoxy) is 1. The minimum absolute atomic E-state index is 0.0300. The first-order chi connectivity index (χ1) is 10.9. The van der Waals surface area contributed by atoms with E-state index in [1.54, 1.807) is 12.1 Å². The molecule has 2 aromatic rings. The van der Waals surface area contributed by atoms with Gasteiger partial charge in [-0.05, 0) is 31.0 Å². The van der Waals surface area contributed by atoms with E-state index in [0.29, 0.717) is 6.42 Å². The fourth-order valence-electron chi connectivity index (χ4n) is 2.71. The van der Waals surface area contributed by atoms with E-state index in [2.05, 4.69) is 0 Å². The number of fused-ring (bicyclic) bond motifs is 1. The van der Waals surface area contributed by atoms with E-state index in [-0.39, 0.29) is 40.8 Å². The molecular weight excluding hydrogens is 300 g/mol. The minimum Gasteiger partial charge on any atom is -0.508 e. The van der Waals surface area contributed by atoms with Gasteiger partial charge in [0, 0.05) is 5.56 Å². The van der Waals surface area contributed by atoms with Crippen molar-refractivity contribution in [2.75, 3.05) is 6.61 Å². The average molecular weight is 316 g/mol. The molecule has 0 bridgehead atoms. The Bertz CT molecular complexity index is 779. The van der Waals surface area contributed by atoms with Gasteiger partial charge in [-0.15, -0.1) is 0 Å². The zero-order chi connectivity index (χ0) is 16.7. The average Bonchev–Trinajstić information content (AvgIpc) is 2.54. The number of benzene rings is 2. The van der Waals surface area contributed by atoms with Crippen LogP contribution in [0.3, 0.4) is 0 Å². The van der Waals surface area contributed by atoms with Gasteiger partial charge in [0.15, 0.2) is 17.3 Å². The standard InChI is InChI=1S/C17H16O6/c1-8-13(19)12-15(21)10(6-9-2-4-11(18)5-3-9)7-23-17(12)16(22)14(8)20/h2-5,10,18-20,22H,6-7H2,1H3. The summed E-state index contributed by atoms with van der Waals surface area (Å²) in [5.41, 5.74) is 0.767. The molecule has 0 saturated carbocycles. The molecule has 1 aliphatic rings. The first-order valence-corrected chi connectivity index (χ1v) is 7.12. The fraction of sp³-hybridized carbons (Fsp3) is 0.235. The molecule has 0 aromatic heterocycles. The van der Waals surface area contributed by atoms with Gasteiger partial charge in [-0.2, -0.15) is 0 Å². The Labute approximate surface area is 132 Å². The Hall–Kier alpha value is -2.89. The number of Topliss-reactive ketones (excluding diaryl/α,β-unsaturated/α-hetero) is 1. The molecule has 0 saturated heterocycles. The van der Waals surface area contributed by atoms with Gasteiger partial charge in [0.05, 0.1) is 12.5 Å². The molecule has 1 atom stereocenters. The molecule has 0 fully saturated rings. The lowest BCUT2D eigenvalue weighted by Gasteiger charge is -2.26. The van der Waals surface area contributed by atoms with E-state index < -0.39 is 17.4 Å². The number of carbonyl (C=O) groups is 1. The van der Waals surface area contributed by atoms with E-state index >= 15 is 0 Å². The molecule has 4 N–H and O–H groups in total. The SMILES string of the molecule is Cc1c(O)c(O)c2c(c1O)C(=O)C(Cc1ccc(O)cc1)CO2. The summed E-state index contributed by atoms with van der Waals surface area (Å²) in [7, 11) is 0. The highest BCUT2D eigenvalue weighted by molar-refractivity contribution is 6.05. The van der Waals surface area contributed by atoms with Crippen LogP contribution in [0.25, 0.3) is 0 Å². The van der Waals surface area contributed by atoms with Crippen molar-refractivity contribution in [1.82, 2.24) is 0 Å². The van der Waals surface area contributed by atoms with Crippen LogP contribution in [0.4, 0.5) is 0 Å². The maximum Gasteiger partial charge on any atom is 0.201 e. The molecule has 2 aromatic carbocycles. The van der Waals surface area contributed by atoms with Crippen LogP contribution in [-0.2, 0) is 6.42 Å². The lowest BCUT2D eigenvalue weighted by molar-refractivity contribution is 0.0820. The maximum absolute atomic E-state index is 12.6. The summed E-state index contributed by atoms with van der Waals surface area (Å²) in [6, 6.07) is 6.47. The summed E-state index contributed by atoms with van der Waals surface area (Å²) in [5, 5.41) is 39.1. The predicted octanol–water partition coefficient (Wildman–Crippen LogP) is 2.25. The summed E-state index contributed by atoms with van der Waals surface area (Å²) in [4.78, 5) is 12.6. The Morgan fingerprint density at radius 2 is 1.70 bits per heavy atom. The summed E-state index contributed by atoms with van der Waals surface area (Å²) >= 11 is 0. The monoisotopic (exact) mass is 316 g/mol. The van der Waals surface area contributed by atoms with Crippen molar-refractivity contribution >= 4 is 5.78 Å². The molecule has 23 heavy (non-hydrogen) atoms. The number of ketones is 1. The third-order valence-electron chi connectivity index (χ3n) is 4.08. The van der Waals surface area contributed by atoms with Crippen LogP contribution < -0.4 is 4.74 Å². The second-order valence-electron chi connectivity index (χ2n) is 5.62. The Morgan fingerprint density at radius 1 is 1.04 bits per heavy atom. The smallest absolute Gasteiger partial charge is 0.201 e. The largest absolute Gasteiger partial charge is 0.508 e. The zero-order valence-corrected chi connectivity index (χ0v) is 12.4. The summed E-state index contributed by atoms with van der Waals surface area (Å²) < 4.78 is 5.41. The zero-order valence-electron chi connectivity index (χ0n) is 12.4. The second-order valence-corrected chi connectivity index (χ2v) is 5.62. The van der Waals surface area contributed by atoms with Crippen LogP contribution in [0.5, 0.6) is 28.7 Å². The summed E-state index contributed by atoms with van der Waals surface area (Å²) in [5.74, 6) is -2.33. The van der Waals surface area contributed by atoms with E-state index in [9.17, 15) is 25.2 Å². The minimum atomic E-state index is -0.535. The summed E-state index contributed by atoms with van der Waals surface area (Å²) in [6.07, 6.45) is 0.374. The molecule has 3 rings (SSSR count). The van der Waals surface area contributed by atoms with Crippen molar-refractivity contribution in [2.45, 2.75) is 13.3 Å². The fourth-order valence-corrected chi connectivity index (χ4v) is 2.71. The normalized spacial score (nSPS) is 16.7. The molecule has 0 aliphatic carbocycles. The van der Waals surface area contributed by atoms with Gasteiger partial charge >= 0.3 is 0 Å². The number of phenolic OH excluding ortho intramolecular Hbond substituents is 4. The van der Waals surface area contributed by atoms with Gasteiger partial charge in [0.25, 0.3) is 0 Å². The van der Waals surface area contributed by atoms with Crippen LogP contribution in [0.15, 0.2) is 24.3 Å². The van der Waals surface area contributed by atoms with Gasteiger partial charge in [-0.25, -0.2) is 0 Å². The Morgan fingerprint density at radius 3 is 2.35 bits per heavy atom. The van der Waals surface area contributed by atoms with Gasteiger partial charge in [-0.1, -0.05) is 12.1 Å². The number of carbonyl (C=O) groups excluding carboxylic acids is 1. The third-order valence-corrected chi connectivity index (χ3v) is 4.08. The maximum atomic E-state index is 12.6. The third kappa shape index (κ3) is 2.42. The molecule has 6 nitrogen and oxygen atoms in total. The quantitative estimate of drug-likeness (QED) is 0.500. The molecular formula is C17H16O6. The van der Waals surface area contributed by atoms with Crippen LogP contribution in [-0.4, -0.2) is 32.8 Å². The van der Waals surface area contributed by atoms with E-state index in [4.69, 9.17) is 4.74 Å². The molecule has 0 radical (unpaired) electrons. The molecule has 6 heteroatoms. The van der Waals surface area contributed by atoms with Crippen molar-refractivity contribution in [3.63, 3.8) is 0 Å². The van der Waals surface area contributed by atoms with E-state index in [1.807, 2.05) is 0 Å². The van der Waals surface area contributed by atoms with Crippen molar-refractivity contribution in [1.29, 1.82) is 0 Å². The number of hydrogen-bond donors (Lipinski definition) is 4. The van der Waals surface area contributed by atoms with Gasteiger partial charge in [0.2, 0.25) is 5.75 Å². The van der Waals surface area contributed by atoms with Crippen molar-refractivity contribution in [3.05, 3.63) is 41.0 Å². The van der Waals surface area contributed by atoms with E-state index in [1.165, 1.54) is 19.1 Å². The highest BCUT2D eigenvalue weighted by atomic mass is 16.5. The van der Waals surface area contributed by atoms with Crippen molar-refractivity contribution in [2.24, 2.45) is 5.92 Å². The topological polar surface area (TPSA) is 107 Å². The molecule has 0 amide bonds. The van der Waals surface area contributed by atoms with Crippen LogP contribution in [0.1, 0.15) is 21.5 Å². The van der Waals surface area contributed by atoms with Crippen LogP contribution in [0.2, 0.25) is 0 Å². The number of phenols is 4. The number of hydrogen-bond acceptors (Lipinski definition) is 6. The number of aromatic hydroxyl groups is 4. The lowest BCUT2D eigenvalue weighted by atomic mass is 9.88. The van der Waals surface area contributed by atoms with Gasteiger partial charge in [-0.3, -0.25) is 4.79 Å². The number of rotatable bonds is 2. The second kappa shape index (κ2) is 5.39. The van der Waals surface area contributed by atoms with E-state index in [0.717, 1.165) is 5.56 Å². The van der Waals surface area contributed by atoms with Gasteiger partial charge in [0.1, 0.15) is 17.1 Å². The molecule has 1 heterocycles. The lowest BCUT2D eigenvalue weighted by Crippen LogP contribution is -2.29. The first kappa shape index (κ1) is 15.0. The van der Waals surface area contributed by atoms with Crippen molar-refractivity contribution in [3.8, 4) is 28.7 Å². The first-order valence-electron chi connectivity index (χ1n) is 7.12. The van der Waals surface area contributed by atoms with Crippen LogP contribution >= 0.6 is 0 Å². The van der Waals surface area contributed by atoms with Crippen molar-refractivity contribution < 1.29 is 30.0 Å². The van der Waals surface area contributed by atoms with Crippen LogP contribution in [0, 0.1) is 12.8 Å². The highest BCUT2D eigenvalue weighted by Crippen LogP contribution is 2.49. The highest BCUT2D eigenvalue weighted by Gasteiger charge is 2.36.